The Hall–Kier alpha value is -1.32. The summed E-state index contributed by atoms with van der Waals surface area (Å²) in [4.78, 5) is 44.4. The third-order valence-corrected chi connectivity index (χ3v) is 2.17. The molecule has 0 amide bonds. The summed E-state index contributed by atoms with van der Waals surface area (Å²) in [5.74, 6) is -4.91. The SMILES string of the molecule is O=C(O)CN(CCN(CC(=O)O)CC(=O)O)CC(=O)O.[Bi]. The molecule has 0 fully saturated rings. The largest absolute Gasteiger partial charge is 0.480 e. The van der Waals surface area contributed by atoms with Crippen molar-refractivity contribution in [1.29, 1.82) is 0 Å². The smallest absolute Gasteiger partial charge is 0.317 e. The van der Waals surface area contributed by atoms with E-state index in [2.05, 4.69) is 0 Å². The van der Waals surface area contributed by atoms with Crippen LogP contribution < -0.4 is 0 Å². The van der Waals surface area contributed by atoms with Gasteiger partial charge in [0, 0.05) is 39.3 Å². The maximum atomic E-state index is 10.6. The van der Waals surface area contributed by atoms with E-state index in [4.69, 9.17) is 20.4 Å². The van der Waals surface area contributed by atoms with Crippen LogP contribution in [0.15, 0.2) is 0 Å². The number of carboxylic acid groups (broad SMARTS) is 4. The van der Waals surface area contributed by atoms with Crippen molar-refractivity contribution < 1.29 is 39.6 Å². The molecule has 21 heavy (non-hydrogen) atoms. The summed E-state index contributed by atoms with van der Waals surface area (Å²) in [7, 11) is 0. The molecule has 0 bridgehead atoms. The molecular weight excluding hydrogens is 485 g/mol. The normalized spacial score (nSPS) is 10.2. The van der Waals surface area contributed by atoms with E-state index in [0.29, 0.717) is 0 Å². The van der Waals surface area contributed by atoms with E-state index in [1.54, 1.807) is 0 Å². The van der Waals surface area contributed by atoms with E-state index in [9.17, 15) is 19.2 Å². The van der Waals surface area contributed by atoms with Crippen molar-refractivity contribution in [3.05, 3.63) is 0 Å². The maximum absolute atomic E-state index is 10.6. The molecule has 0 aliphatic rings. The van der Waals surface area contributed by atoms with Crippen molar-refractivity contribution in [2.75, 3.05) is 39.3 Å². The Balaban J connectivity index is 0. The van der Waals surface area contributed by atoms with Crippen LogP contribution in [-0.2, 0) is 19.2 Å². The van der Waals surface area contributed by atoms with Crippen molar-refractivity contribution in [2.24, 2.45) is 0 Å². The molecule has 10 nitrogen and oxygen atoms in total. The van der Waals surface area contributed by atoms with Crippen LogP contribution in [0.1, 0.15) is 0 Å². The molecule has 0 spiro atoms. The average molecular weight is 501 g/mol. The molecule has 0 aromatic heterocycles. The first-order valence-electron chi connectivity index (χ1n) is 5.52. The number of rotatable bonds is 11. The summed E-state index contributed by atoms with van der Waals surface area (Å²) in [5.41, 5.74) is 0. The van der Waals surface area contributed by atoms with Crippen LogP contribution in [-0.4, -0.2) is 120 Å². The van der Waals surface area contributed by atoms with Crippen molar-refractivity contribution in [3.8, 4) is 0 Å². The Morgan fingerprint density at radius 2 is 0.762 bits per heavy atom. The third kappa shape index (κ3) is 13.4. The molecule has 11 heteroatoms. The monoisotopic (exact) mass is 501 g/mol. The molecule has 0 aliphatic heterocycles. The standard InChI is InChI=1S/C10H16N2O8.Bi/c13-7(14)3-11(4-8(15)16)1-2-12(5-9(17)18)6-10(19)20;/h1-6H2,(H,13,14)(H,15,16)(H,17,18)(H,19,20);. The number of hydrogen-bond donors (Lipinski definition) is 4. The fourth-order valence-electron chi connectivity index (χ4n) is 1.48. The van der Waals surface area contributed by atoms with E-state index < -0.39 is 50.1 Å². The first-order valence-corrected chi connectivity index (χ1v) is 5.52. The molecule has 0 unspecified atom stereocenters. The summed E-state index contributed by atoms with van der Waals surface area (Å²) in [6.45, 7) is -2.25. The van der Waals surface area contributed by atoms with Crippen LogP contribution in [0.4, 0.5) is 0 Å². The third-order valence-electron chi connectivity index (χ3n) is 2.17. The van der Waals surface area contributed by atoms with Crippen molar-refractivity contribution in [1.82, 2.24) is 9.80 Å². The number of aliphatic carboxylic acids is 4. The quantitative estimate of drug-likeness (QED) is 0.224. The van der Waals surface area contributed by atoms with Gasteiger partial charge in [0.05, 0.1) is 26.2 Å². The molecule has 0 aromatic carbocycles. The molecule has 0 atom stereocenters. The Morgan fingerprint density at radius 3 is 0.905 bits per heavy atom. The molecule has 0 saturated heterocycles. The van der Waals surface area contributed by atoms with Gasteiger partial charge in [0.25, 0.3) is 0 Å². The summed E-state index contributed by atoms with van der Waals surface area (Å²) >= 11 is 0. The minimum atomic E-state index is -1.23. The van der Waals surface area contributed by atoms with Crippen LogP contribution in [0.2, 0.25) is 0 Å². The number of carbonyl (C=O) groups is 4. The van der Waals surface area contributed by atoms with Crippen LogP contribution in [0, 0.1) is 0 Å². The van der Waals surface area contributed by atoms with Crippen LogP contribution in [0.5, 0.6) is 0 Å². The molecule has 0 aromatic rings. The van der Waals surface area contributed by atoms with Crippen LogP contribution >= 0.6 is 0 Å². The first-order chi connectivity index (χ1) is 9.20. The van der Waals surface area contributed by atoms with Gasteiger partial charge in [-0.25, -0.2) is 0 Å². The minimum absolute atomic E-state index is 0. The van der Waals surface area contributed by atoms with E-state index in [1.807, 2.05) is 0 Å². The summed E-state index contributed by atoms with van der Waals surface area (Å²) in [6, 6.07) is 0. The Bertz CT molecular complexity index is 321. The molecule has 4 N–H and O–H groups in total. The van der Waals surface area contributed by atoms with Crippen molar-refractivity contribution in [3.63, 3.8) is 0 Å². The second-order valence-electron chi connectivity index (χ2n) is 4.00. The molecule has 0 rings (SSSR count). The Kier molecular flexibility index (Phi) is 11.9. The van der Waals surface area contributed by atoms with E-state index in [-0.39, 0.29) is 39.3 Å². The zero-order valence-corrected chi connectivity index (χ0v) is 14.5. The molecule has 3 radical (unpaired) electrons. The van der Waals surface area contributed by atoms with Gasteiger partial charge in [0.15, 0.2) is 0 Å². The summed E-state index contributed by atoms with van der Waals surface area (Å²) in [5, 5.41) is 34.5. The number of carboxylic acids is 4. The predicted octanol–water partition coefficient (Wildman–Crippen LogP) is -2.45. The molecular formula is C10H16BiN2O8. The van der Waals surface area contributed by atoms with E-state index in [0.717, 1.165) is 9.80 Å². The van der Waals surface area contributed by atoms with E-state index >= 15 is 0 Å². The molecule has 0 aliphatic carbocycles. The maximum Gasteiger partial charge on any atom is 0.317 e. The second kappa shape index (κ2) is 11.4. The Morgan fingerprint density at radius 1 is 0.571 bits per heavy atom. The molecule has 0 saturated carbocycles. The molecule has 119 valence electrons. The second-order valence-corrected chi connectivity index (χ2v) is 4.00. The van der Waals surface area contributed by atoms with Crippen molar-refractivity contribution >= 4 is 50.1 Å². The van der Waals surface area contributed by atoms with Gasteiger partial charge in [-0.1, -0.05) is 0 Å². The van der Waals surface area contributed by atoms with Gasteiger partial charge in [-0.2, -0.15) is 0 Å². The zero-order chi connectivity index (χ0) is 15.7. The summed E-state index contributed by atoms with van der Waals surface area (Å²) in [6.07, 6.45) is 0. The average Bonchev–Trinajstić information content (AvgIpc) is 2.22. The van der Waals surface area contributed by atoms with E-state index in [1.165, 1.54) is 0 Å². The van der Waals surface area contributed by atoms with Crippen LogP contribution in [0.25, 0.3) is 0 Å². The topological polar surface area (TPSA) is 156 Å². The van der Waals surface area contributed by atoms with Gasteiger partial charge in [-0.3, -0.25) is 29.0 Å². The van der Waals surface area contributed by atoms with Gasteiger partial charge in [-0.05, 0) is 0 Å². The molecule has 0 heterocycles. The fraction of sp³-hybridized carbons (Fsp3) is 0.600. The Labute approximate surface area is 139 Å². The predicted molar refractivity (Wildman–Crippen MR) is 69.2 cm³/mol. The number of nitrogens with zero attached hydrogens (tertiary/aromatic N) is 2. The summed E-state index contributed by atoms with van der Waals surface area (Å²) < 4.78 is 0. The minimum Gasteiger partial charge on any atom is -0.480 e. The fourth-order valence-corrected chi connectivity index (χ4v) is 1.48. The van der Waals surface area contributed by atoms with Gasteiger partial charge in [0.1, 0.15) is 0 Å². The van der Waals surface area contributed by atoms with Gasteiger partial charge < -0.3 is 20.4 Å². The first kappa shape index (κ1) is 22.0. The van der Waals surface area contributed by atoms with Crippen LogP contribution in [0.3, 0.4) is 0 Å². The van der Waals surface area contributed by atoms with Gasteiger partial charge in [0.2, 0.25) is 0 Å². The van der Waals surface area contributed by atoms with Gasteiger partial charge in [-0.15, -0.1) is 0 Å². The zero-order valence-electron chi connectivity index (χ0n) is 11.0. The van der Waals surface area contributed by atoms with Crippen molar-refractivity contribution in [2.45, 2.75) is 0 Å². The van der Waals surface area contributed by atoms with Gasteiger partial charge >= 0.3 is 23.9 Å². The number of hydrogen-bond acceptors (Lipinski definition) is 6.